The molecular formula is C14H14BrNO4. The fourth-order valence-electron chi connectivity index (χ4n) is 1.79. The summed E-state index contributed by atoms with van der Waals surface area (Å²) in [5, 5.41) is 10.5. The normalized spacial score (nSPS) is 10.8. The summed E-state index contributed by atoms with van der Waals surface area (Å²) >= 11 is 3.43. The average molecular weight is 340 g/mol. The maximum Gasteiger partial charge on any atom is 0.433 e. The van der Waals surface area contributed by atoms with E-state index in [1.165, 1.54) is 6.07 Å². The first-order valence-corrected chi connectivity index (χ1v) is 6.92. The maximum atomic E-state index is 10.5. The Balaban J connectivity index is 2.12. The van der Waals surface area contributed by atoms with Gasteiger partial charge in [0.25, 0.3) is 0 Å². The van der Waals surface area contributed by atoms with Gasteiger partial charge in [0, 0.05) is 4.47 Å². The molecule has 0 aliphatic rings. The maximum absolute atomic E-state index is 10.5. The molecule has 1 aromatic carbocycles. The van der Waals surface area contributed by atoms with Crippen LogP contribution in [0.15, 0.2) is 39.2 Å². The van der Waals surface area contributed by atoms with E-state index in [4.69, 9.17) is 9.15 Å². The van der Waals surface area contributed by atoms with E-state index in [0.717, 1.165) is 15.8 Å². The zero-order valence-electron chi connectivity index (χ0n) is 11.1. The molecule has 0 saturated heterocycles. The van der Waals surface area contributed by atoms with Gasteiger partial charge in [0.2, 0.25) is 0 Å². The van der Waals surface area contributed by atoms with E-state index in [1.54, 1.807) is 6.07 Å². The van der Waals surface area contributed by atoms with Crippen LogP contribution in [0, 0.1) is 10.1 Å². The predicted molar refractivity (Wildman–Crippen MR) is 77.9 cm³/mol. The van der Waals surface area contributed by atoms with Gasteiger partial charge in [-0.1, -0.05) is 29.8 Å². The molecule has 0 aliphatic heterocycles. The molecule has 1 aromatic heterocycles. The second-order valence-corrected chi connectivity index (χ2v) is 5.54. The van der Waals surface area contributed by atoms with Crippen molar-refractivity contribution >= 4 is 21.8 Å². The number of halogens is 1. The Morgan fingerprint density at radius 2 is 2.10 bits per heavy atom. The molecular weight excluding hydrogens is 326 g/mol. The van der Waals surface area contributed by atoms with Crippen molar-refractivity contribution in [1.29, 1.82) is 0 Å². The van der Waals surface area contributed by atoms with Crippen LogP contribution in [0.4, 0.5) is 5.88 Å². The van der Waals surface area contributed by atoms with Crippen molar-refractivity contribution in [3.05, 3.63) is 56.2 Å². The molecule has 0 unspecified atom stereocenters. The summed E-state index contributed by atoms with van der Waals surface area (Å²) < 4.78 is 11.7. The average Bonchev–Trinajstić information content (AvgIpc) is 2.86. The van der Waals surface area contributed by atoms with Crippen LogP contribution in [0.1, 0.15) is 31.1 Å². The zero-order chi connectivity index (χ0) is 14.7. The van der Waals surface area contributed by atoms with Crippen LogP contribution in [0.25, 0.3) is 0 Å². The van der Waals surface area contributed by atoms with Crippen LogP contribution in [-0.2, 0) is 6.61 Å². The van der Waals surface area contributed by atoms with Gasteiger partial charge in [0.05, 0.1) is 6.07 Å². The Morgan fingerprint density at radius 1 is 1.35 bits per heavy atom. The van der Waals surface area contributed by atoms with E-state index in [1.807, 2.05) is 18.2 Å². The highest BCUT2D eigenvalue weighted by Gasteiger charge is 2.13. The largest absolute Gasteiger partial charge is 0.485 e. The Kier molecular flexibility index (Phi) is 4.44. The Hall–Kier alpha value is -1.82. The monoisotopic (exact) mass is 339 g/mol. The first-order chi connectivity index (χ1) is 9.47. The van der Waals surface area contributed by atoms with E-state index in [-0.39, 0.29) is 12.5 Å². The summed E-state index contributed by atoms with van der Waals surface area (Å²) in [6, 6.07) is 8.64. The van der Waals surface area contributed by atoms with Crippen molar-refractivity contribution in [3.8, 4) is 5.75 Å². The van der Waals surface area contributed by atoms with Gasteiger partial charge in [-0.2, -0.15) is 0 Å². The molecule has 0 bridgehead atoms. The van der Waals surface area contributed by atoms with E-state index >= 15 is 0 Å². The third kappa shape index (κ3) is 3.39. The van der Waals surface area contributed by atoms with E-state index in [9.17, 15) is 10.1 Å². The van der Waals surface area contributed by atoms with Gasteiger partial charge in [-0.05, 0) is 35.7 Å². The van der Waals surface area contributed by atoms with Gasteiger partial charge in [-0.3, -0.25) is 10.1 Å². The Bertz CT molecular complexity index is 621. The van der Waals surface area contributed by atoms with Gasteiger partial charge in [-0.15, -0.1) is 0 Å². The van der Waals surface area contributed by atoms with Crippen molar-refractivity contribution in [3.63, 3.8) is 0 Å². The fourth-order valence-corrected chi connectivity index (χ4v) is 2.17. The summed E-state index contributed by atoms with van der Waals surface area (Å²) in [6.07, 6.45) is 0. The summed E-state index contributed by atoms with van der Waals surface area (Å²) in [5.74, 6) is 1.22. The van der Waals surface area contributed by atoms with E-state index in [2.05, 4.69) is 29.8 Å². The van der Waals surface area contributed by atoms with Crippen molar-refractivity contribution in [2.24, 2.45) is 0 Å². The number of nitrogens with zero attached hydrogens (tertiary/aromatic N) is 1. The second kappa shape index (κ2) is 6.09. The number of benzene rings is 1. The van der Waals surface area contributed by atoms with Crippen LogP contribution >= 0.6 is 15.9 Å². The molecule has 6 heteroatoms. The molecule has 0 saturated carbocycles. The number of hydrogen-bond acceptors (Lipinski definition) is 4. The molecule has 1 heterocycles. The van der Waals surface area contributed by atoms with Crippen LogP contribution in [0.5, 0.6) is 5.75 Å². The lowest BCUT2D eigenvalue weighted by molar-refractivity contribution is -0.402. The third-order valence-corrected chi connectivity index (χ3v) is 3.28. The van der Waals surface area contributed by atoms with Gasteiger partial charge >= 0.3 is 5.88 Å². The molecule has 0 N–H and O–H groups in total. The van der Waals surface area contributed by atoms with Crippen molar-refractivity contribution in [2.45, 2.75) is 26.4 Å². The summed E-state index contributed by atoms with van der Waals surface area (Å²) in [7, 11) is 0. The number of nitro groups is 1. The minimum Gasteiger partial charge on any atom is -0.485 e. The zero-order valence-corrected chi connectivity index (χ0v) is 12.7. The summed E-state index contributed by atoms with van der Waals surface area (Å²) in [5.41, 5.74) is 1.07. The van der Waals surface area contributed by atoms with Gasteiger partial charge in [0.1, 0.15) is 23.0 Å². The lowest BCUT2D eigenvalue weighted by Crippen LogP contribution is -1.99. The molecule has 2 aromatic rings. The standard InChI is InChI=1S/C14H14BrNO4/c1-9(2)12-7-10(15)3-5-13(12)19-8-11-4-6-14(20-11)16(17)18/h3-7,9H,8H2,1-2H3. The number of ether oxygens (including phenoxy) is 1. The third-order valence-electron chi connectivity index (χ3n) is 2.79. The number of hydrogen-bond donors (Lipinski definition) is 0. The fraction of sp³-hybridized carbons (Fsp3) is 0.286. The SMILES string of the molecule is CC(C)c1cc(Br)ccc1OCc1ccc([N+](=O)[O-])o1. The molecule has 0 fully saturated rings. The quantitative estimate of drug-likeness (QED) is 0.587. The first kappa shape index (κ1) is 14.6. The molecule has 0 spiro atoms. The van der Waals surface area contributed by atoms with Crippen molar-refractivity contribution < 1.29 is 14.1 Å². The van der Waals surface area contributed by atoms with Gasteiger partial charge in [-0.25, -0.2) is 0 Å². The van der Waals surface area contributed by atoms with Gasteiger partial charge in [0.15, 0.2) is 0 Å². The molecule has 0 atom stereocenters. The van der Waals surface area contributed by atoms with Crippen LogP contribution in [-0.4, -0.2) is 4.92 Å². The molecule has 106 valence electrons. The van der Waals surface area contributed by atoms with Crippen molar-refractivity contribution in [1.82, 2.24) is 0 Å². The molecule has 0 radical (unpaired) electrons. The van der Waals surface area contributed by atoms with Crippen LogP contribution in [0.3, 0.4) is 0 Å². The van der Waals surface area contributed by atoms with Gasteiger partial charge < -0.3 is 9.15 Å². The molecule has 5 nitrogen and oxygen atoms in total. The topological polar surface area (TPSA) is 65.5 Å². The number of furan rings is 1. The number of rotatable bonds is 5. The minimum atomic E-state index is -0.567. The highest BCUT2D eigenvalue weighted by atomic mass is 79.9. The van der Waals surface area contributed by atoms with E-state index in [0.29, 0.717) is 11.7 Å². The smallest absolute Gasteiger partial charge is 0.433 e. The predicted octanol–water partition coefficient (Wildman–Crippen LogP) is 4.65. The van der Waals surface area contributed by atoms with E-state index < -0.39 is 4.92 Å². The van der Waals surface area contributed by atoms with Crippen LogP contribution < -0.4 is 4.74 Å². The Labute approximate surface area is 124 Å². The molecule has 0 aliphatic carbocycles. The van der Waals surface area contributed by atoms with Crippen molar-refractivity contribution in [2.75, 3.05) is 0 Å². The summed E-state index contributed by atoms with van der Waals surface area (Å²) in [4.78, 5) is 9.97. The molecule has 2 rings (SSSR count). The van der Waals surface area contributed by atoms with Crippen LogP contribution in [0.2, 0.25) is 0 Å². The summed E-state index contributed by atoms with van der Waals surface area (Å²) in [6.45, 7) is 4.31. The first-order valence-electron chi connectivity index (χ1n) is 6.12. The highest BCUT2D eigenvalue weighted by Crippen LogP contribution is 2.30. The highest BCUT2D eigenvalue weighted by molar-refractivity contribution is 9.10. The lowest BCUT2D eigenvalue weighted by atomic mass is 10.0. The molecule has 0 amide bonds. The molecule has 20 heavy (non-hydrogen) atoms. The minimum absolute atomic E-state index is 0.162. The lowest BCUT2D eigenvalue weighted by Gasteiger charge is -2.13. The second-order valence-electron chi connectivity index (χ2n) is 4.62. The Morgan fingerprint density at radius 3 is 2.70 bits per heavy atom.